The Kier molecular flexibility index (Phi) is 9.04. The van der Waals surface area contributed by atoms with Gasteiger partial charge in [0.25, 0.3) is 0 Å². The van der Waals surface area contributed by atoms with Crippen LogP contribution >= 0.6 is 23.7 Å². The van der Waals surface area contributed by atoms with E-state index in [2.05, 4.69) is 36.5 Å². The molecule has 0 saturated heterocycles. The molecule has 3 nitrogen and oxygen atoms in total. The van der Waals surface area contributed by atoms with Crippen LogP contribution in [0.3, 0.4) is 0 Å². The highest BCUT2D eigenvalue weighted by molar-refractivity contribution is 7.11. The quantitative estimate of drug-likeness (QED) is 0.768. The van der Waals surface area contributed by atoms with Crippen LogP contribution in [0.2, 0.25) is 0 Å². The average molecular weight is 367 g/mol. The SMILES string of the molecule is CNCC(C)C(=O)N(CCc1ccccc1)Cc1ccc(C)s1.Cl. The number of benzene rings is 1. The zero-order valence-electron chi connectivity index (χ0n) is 14.6. The van der Waals surface area contributed by atoms with Crippen LogP contribution in [0.1, 0.15) is 22.2 Å². The van der Waals surface area contributed by atoms with Crippen LogP contribution in [0.4, 0.5) is 0 Å². The molecular formula is C19H27ClN2OS. The van der Waals surface area contributed by atoms with Gasteiger partial charge in [-0.15, -0.1) is 23.7 Å². The smallest absolute Gasteiger partial charge is 0.227 e. The predicted octanol–water partition coefficient (Wildman–Crippen LogP) is 3.91. The van der Waals surface area contributed by atoms with Gasteiger partial charge in [0.2, 0.25) is 5.91 Å². The van der Waals surface area contributed by atoms with Gasteiger partial charge in [-0.05, 0) is 38.1 Å². The summed E-state index contributed by atoms with van der Waals surface area (Å²) in [6, 6.07) is 14.6. The monoisotopic (exact) mass is 366 g/mol. The molecule has 1 unspecified atom stereocenters. The Hall–Kier alpha value is -1.36. The lowest BCUT2D eigenvalue weighted by atomic mass is 10.1. The molecule has 2 rings (SSSR count). The number of carbonyl (C=O) groups is 1. The Bertz CT molecular complexity index is 615. The molecule has 0 aliphatic rings. The summed E-state index contributed by atoms with van der Waals surface area (Å²) in [5.74, 6) is 0.221. The normalized spacial score (nSPS) is 11.6. The first kappa shape index (κ1) is 20.7. The summed E-state index contributed by atoms with van der Waals surface area (Å²) in [7, 11) is 1.89. The third kappa shape index (κ3) is 6.27. The van der Waals surface area contributed by atoms with Crippen LogP contribution in [0.25, 0.3) is 0 Å². The molecule has 0 aliphatic heterocycles. The van der Waals surface area contributed by atoms with Crippen LogP contribution in [0, 0.1) is 12.8 Å². The van der Waals surface area contributed by atoms with E-state index in [4.69, 9.17) is 0 Å². The number of rotatable bonds is 8. The summed E-state index contributed by atoms with van der Waals surface area (Å²) in [6.45, 7) is 6.28. The van der Waals surface area contributed by atoms with Crippen molar-refractivity contribution in [2.24, 2.45) is 5.92 Å². The lowest BCUT2D eigenvalue weighted by Crippen LogP contribution is -2.39. The van der Waals surface area contributed by atoms with Crippen molar-refractivity contribution in [3.8, 4) is 0 Å². The number of amides is 1. The summed E-state index contributed by atoms with van der Waals surface area (Å²) < 4.78 is 0. The van der Waals surface area contributed by atoms with Crippen molar-refractivity contribution >= 4 is 29.7 Å². The maximum atomic E-state index is 12.8. The zero-order chi connectivity index (χ0) is 16.7. The van der Waals surface area contributed by atoms with E-state index < -0.39 is 0 Å². The molecule has 0 fully saturated rings. The van der Waals surface area contributed by atoms with Gasteiger partial charge in [0, 0.05) is 28.8 Å². The average Bonchev–Trinajstić information content (AvgIpc) is 2.97. The van der Waals surface area contributed by atoms with Crippen molar-refractivity contribution in [2.75, 3.05) is 20.1 Å². The zero-order valence-corrected chi connectivity index (χ0v) is 16.3. The third-order valence-corrected chi connectivity index (χ3v) is 4.88. The maximum absolute atomic E-state index is 12.8. The first-order chi connectivity index (χ1) is 11.1. The molecule has 24 heavy (non-hydrogen) atoms. The lowest BCUT2D eigenvalue weighted by Gasteiger charge is -2.25. The van der Waals surface area contributed by atoms with Crippen molar-refractivity contribution in [1.29, 1.82) is 0 Å². The first-order valence-electron chi connectivity index (χ1n) is 8.12. The van der Waals surface area contributed by atoms with Gasteiger partial charge in [0.1, 0.15) is 0 Å². The summed E-state index contributed by atoms with van der Waals surface area (Å²) in [6.07, 6.45) is 0.892. The lowest BCUT2D eigenvalue weighted by molar-refractivity contribution is -0.135. The molecular weight excluding hydrogens is 340 g/mol. The second-order valence-electron chi connectivity index (χ2n) is 5.97. The van der Waals surface area contributed by atoms with E-state index in [-0.39, 0.29) is 24.2 Å². The number of hydrogen-bond donors (Lipinski definition) is 1. The van der Waals surface area contributed by atoms with E-state index in [0.29, 0.717) is 13.1 Å². The molecule has 1 amide bonds. The molecule has 0 spiro atoms. The molecule has 1 aromatic carbocycles. The molecule has 0 saturated carbocycles. The van der Waals surface area contributed by atoms with Crippen LogP contribution in [-0.4, -0.2) is 30.9 Å². The van der Waals surface area contributed by atoms with E-state index in [1.165, 1.54) is 15.3 Å². The predicted molar refractivity (Wildman–Crippen MR) is 105 cm³/mol. The van der Waals surface area contributed by atoms with E-state index >= 15 is 0 Å². The second kappa shape index (κ2) is 10.5. The van der Waals surface area contributed by atoms with Crippen molar-refractivity contribution in [3.63, 3.8) is 0 Å². The van der Waals surface area contributed by atoms with Crippen molar-refractivity contribution in [1.82, 2.24) is 10.2 Å². The summed E-state index contributed by atoms with van der Waals surface area (Å²) >= 11 is 1.77. The van der Waals surface area contributed by atoms with E-state index in [1.807, 2.05) is 37.1 Å². The number of hydrogen-bond acceptors (Lipinski definition) is 3. The van der Waals surface area contributed by atoms with Crippen molar-refractivity contribution in [2.45, 2.75) is 26.8 Å². The fourth-order valence-corrected chi connectivity index (χ4v) is 3.55. The molecule has 2 aromatic rings. The summed E-state index contributed by atoms with van der Waals surface area (Å²) in [5, 5.41) is 3.10. The fourth-order valence-electron chi connectivity index (χ4n) is 2.64. The van der Waals surface area contributed by atoms with Gasteiger partial charge in [-0.1, -0.05) is 37.3 Å². The minimum Gasteiger partial charge on any atom is -0.337 e. The van der Waals surface area contributed by atoms with Crippen LogP contribution < -0.4 is 5.32 Å². The maximum Gasteiger partial charge on any atom is 0.227 e. The van der Waals surface area contributed by atoms with Crippen LogP contribution in [0.5, 0.6) is 0 Å². The van der Waals surface area contributed by atoms with Crippen LogP contribution in [-0.2, 0) is 17.8 Å². The Morgan fingerprint density at radius 3 is 2.50 bits per heavy atom. The molecule has 1 N–H and O–H groups in total. The number of carbonyl (C=O) groups excluding carboxylic acids is 1. The number of thiophene rings is 1. The van der Waals surface area contributed by atoms with Gasteiger partial charge < -0.3 is 10.2 Å². The Balaban J connectivity index is 0.00000288. The molecule has 0 radical (unpaired) electrons. The molecule has 0 bridgehead atoms. The van der Waals surface area contributed by atoms with Gasteiger partial charge in [-0.2, -0.15) is 0 Å². The largest absolute Gasteiger partial charge is 0.337 e. The van der Waals surface area contributed by atoms with Crippen LogP contribution in [0.15, 0.2) is 42.5 Å². The van der Waals surface area contributed by atoms with Gasteiger partial charge >= 0.3 is 0 Å². The van der Waals surface area contributed by atoms with Crippen molar-refractivity contribution < 1.29 is 4.79 Å². The van der Waals surface area contributed by atoms with Gasteiger partial charge in [0.05, 0.1) is 6.54 Å². The van der Waals surface area contributed by atoms with Gasteiger partial charge in [0.15, 0.2) is 0 Å². The highest BCUT2D eigenvalue weighted by Crippen LogP contribution is 2.18. The molecule has 132 valence electrons. The number of halogens is 1. The topological polar surface area (TPSA) is 32.3 Å². The molecule has 0 aliphatic carbocycles. The van der Waals surface area contributed by atoms with Gasteiger partial charge in [-0.3, -0.25) is 4.79 Å². The standard InChI is InChI=1S/C19H26N2OS.ClH/c1-15(13-20-3)19(22)21(14-18-10-9-16(2)23-18)12-11-17-7-5-4-6-8-17;/h4-10,15,20H,11-14H2,1-3H3;1H. The third-order valence-electron chi connectivity index (χ3n) is 3.90. The van der Waals surface area contributed by atoms with E-state index in [9.17, 15) is 4.79 Å². The molecule has 1 aromatic heterocycles. The van der Waals surface area contributed by atoms with Crippen molar-refractivity contribution in [3.05, 3.63) is 57.8 Å². The minimum absolute atomic E-state index is 0. The highest BCUT2D eigenvalue weighted by atomic mass is 35.5. The van der Waals surface area contributed by atoms with E-state index in [0.717, 1.165) is 13.0 Å². The number of nitrogens with zero attached hydrogens (tertiary/aromatic N) is 1. The Morgan fingerprint density at radius 2 is 1.92 bits per heavy atom. The fraction of sp³-hybridized carbons (Fsp3) is 0.421. The number of nitrogens with one attached hydrogen (secondary N) is 1. The summed E-state index contributed by atoms with van der Waals surface area (Å²) in [4.78, 5) is 17.3. The second-order valence-corrected chi connectivity index (χ2v) is 7.34. The minimum atomic E-state index is -0.00293. The first-order valence-corrected chi connectivity index (χ1v) is 8.94. The number of aryl methyl sites for hydroxylation is 1. The summed E-state index contributed by atoms with van der Waals surface area (Å²) in [5.41, 5.74) is 1.27. The Labute approximate surface area is 155 Å². The Morgan fingerprint density at radius 1 is 1.21 bits per heavy atom. The molecule has 1 atom stereocenters. The molecule has 1 heterocycles. The highest BCUT2D eigenvalue weighted by Gasteiger charge is 2.20. The molecule has 5 heteroatoms. The van der Waals surface area contributed by atoms with E-state index in [1.54, 1.807) is 11.3 Å². The van der Waals surface area contributed by atoms with Gasteiger partial charge in [-0.25, -0.2) is 0 Å².